The minimum atomic E-state index is 0.192. The van der Waals surface area contributed by atoms with E-state index in [0.29, 0.717) is 0 Å². The molecular weight excluding hydrogens is 160 g/mol. The zero-order valence-electron chi connectivity index (χ0n) is 8.34. The highest BCUT2D eigenvalue weighted by Gasteiger charge is 2.16. The van der Waals surface area contributed by atoms with Crippen LogP contribution in [0.3, 0.4) is 0 Å². The molecule has 2 rings (SSSR count). The van der Waals surface area contributed by atoms with Crippen LogP contribution in [-0.4, -0.2) is 13.2 Å². The van der Waals surface area contributed by atoms with Crippen molar-refractivity contribution in [1.82, 2.24) is 0 Å². The number of rotatable bonds is 0. The van der Waals surface area contributed by atoms with Crippen LogP contribution in [0.25, 0.3) is 0 Å². The summed E-state index contributed by atoms with van der Waals surface area (Å²) in [4.78, 5) is 0. The minimum Gasteiger partial charge on any atom is -0.376 e. The summed E-state index contributed by atoms with van der Waals surface area (Å²) in [5, 5.41) is 0. The molecule has 70 valence electrons. The summed E-state index contributed by atoms with van der Waals surface area (Å²) in [5.41, 5.74) is 3.00. The van der Waals surface area contributed by atoms with Gasteiger partial charge in [0, 0.05) is 5.41 Å². The third-order valence-electron chi connectivity index (χ3n) is 2.61. The standard InChI is InChI=1S/C12H16O/c1-12(2)6-3-10-5-8-13-9-11(10)4-7-12/h3-4,6-7H,5,8-9H2,1-2H3. The fraction of sp³-hybridized carbons (Fsp3) is 0.500. The molecule has 0 saturated carbocycles. The van der Waals surface area contributed by atoms with E-state index >= 15 is 0 Å². The molecule has 0 bridgehead atoms. The van der Waals surface area contributed by atoms with Gasteiger partial charge in [-0.2, -0.15) is 0 Å². The van der Waals surface area contributed by atoms with E-state index in [1.807, 2.05) is 0 Å². The largest absolute Gasteiger partial charge is 0.376 e. The first-order valence-electron chi connectivity index (χ1n) is 4.86. The summed E-state index contributed by atoms with van der Waals surface area (Å²) >= 11 is 0. The third-order valence-corrected chi connectivity index (χ3v) is 2.61. The maximum atomic E-state index is 5.42. The number of hydrogen-bond acceptors (Lipinski definition) is 1. The second-order valence-electron chi connectivity index (χ2n) is 4.34. The summed E-state index contributed by atoms with van der Waals surface area (Å²) in [5.74, 6) is 0. The van der Waals surface area contributed by atoms with Crippen molar-refractivity contribution in [3.63, 3.8) is 0 Å². The molecule has 1 aliphatic heterocycles. The molecule has 0 unspecified atom stereocenters. The molecule has 1 heterocycles. The van der Waals surface area contributed by atoms with Crippen LogP contribution in [-0.2, 0) is 4.74 Å². The molecule has 0 amide bonds. The molecule has 0 atom stereocenters. The molecule has 0 radical (unpaired) electrons. The van der Waals surface area contributed by atoms with E-state index in [9.17, 15) is 0 Å². The first kappa shape index (κ1) is 8.76. The van der Waals surface area contributed by atoms with Gasteiger partial charge in [0.1, 0.15) is 0 Å². The van der Waals surface area contributed by atoms with Crippen molar-refractivity contribution in [1.29, 1.82) is 0 Å². The lowest BCUT2D eigenvalue weighted by atomic mass is 9.93. The molecule has 1 heteroatoms. The maximum absolute atomic E-state index is 5.42. The Bertz CT molecular complexity index is 264. The Morgan fingerprint density at radius 3 is 2.62 bits per heavy atom. The fourth-order valence-corrected chi connectivity index (χ4v) is 1.65. The fourth-order valence-electron chi connectivity index (χ4n) is 1.65. The Morgan fingerprint density at radius 2 is 1.85 bits per heavy atom. The van der Waals surface area contributed by atoms with Crippen molar-refractivity contribution in [2.24, 2.45) is 5.41 Å². The van der Waals surface area contributed by atoms with Gasteiger partial charge in [0.15, 0.2) is 0 Å². The number of ether oxygens (including phenoxy) is 1. The van der Waals surface area contributed by atoms with Gasteiger partial charge in [-0.1, -0.05) is 38.2 Å². The Hall–Kier alpha value is -0.820. The van der Waals surface area contributed by atoms with E-state index in [-0.39, 0.29) is 5.41 Å². The summed E-state index contributed by atoms with van der Waals surface area (Å²) in [6.45, 7) is 6.10. The van der Waals surface area contributed by atoms with Gasteiger partial charge < -0.3 is 4.74 Å². The number of hydrogen-bond donors (Lipinski definition) is 0. The summed E-state index contributed by atoms with van der Waals surface area (Å²) < 4.78 is 5.42. The first-order chi connectivity index (χ1) is 6.17. The smallest absolute Gasteiger partial charge is 0.0719 e. The summed E-state index contributed by atoms with van der Waals surface area (Å²) in [6.07, 6.45) is 10.1. The maximum Gasteiger partial charge on any atom is 0.0719 e. The molecule has 1 aliphatic carbocycles. The molecule has 0 saturated heterocycles. The predicted molar refractivity (Wildman–Crippen MR) is 54.5 cm³/mol. The molecule has 0 aromatic rings. The van der Waals surface area contributed by atoms with Gasteiger partial charge >= 0.3 is 0 Å². The van der Waals surface area contributed by atoms with E-state index in [4.69, 9.17) is 4.74 Å². The van der Waals surface area contributed by atoms with Crippen molar-refractivity contribution < 1.29 is 4.74 Å². The van der Waals surface area contributed by atoms with Gasteiger partial charge in [-0.25, -0.2) is 0 Å². The van der Waals surface area contributed by atoms with Crippen molar-refractivity contribution in [3.8, 4) is 0 Å². The van der Waals surface area contributed by atoms with Crippen molar-refractivity contribution in [2.45, 2.75) is 20.3 Å². The second-order valence-corrected chi connectivity index (χ2v) is 4.34. The minimum absolute atomic E-state index is 0.192. The second kappa shape index (κ2) is 3.15. The van der Waals surface area contributed by atoms with Crippen LogP contribution in [0.15, 0.2) is 35.5 Å². The molecule has 0 N–H and O–H groups in total. The Labute approximate surface area is 79.8 Å². The van der Waals surface area contributed by atoms with Crippen LogP contribution >= 0.6 is 0 Å². The van der Waals surface area contributed by atoms with Crippen LogP contribution in [0.5, 0.6) is 0 Å². The lowest BCUT2D eigenvalue weighted by molar-refractivity contribution is 0.150. The monoisotopic (exact) mass is 176 g/mol. The zero-order valence-corrected chi connectivity index (χ0v) is 8.34. The topological polar surface area (TPSA) is 9.23 Å². The van der Waals surface area contributed by atoms with Crippen LogP contribution in [0, 0.1) is 5.41 Å². The highest BCUT2D eigenvalue weighted by molar-refractivity contribution is 5.39. The SMILES string of the molecule is CC1(C)C=CC2=C(C=C1)COCC2. The molecule has 2 aliphatic rings. The van der Waals surface area contributed by atoms with E-state index in [1.54, 1.807) is 0 Å². The van der Waals surface area contributed by atoms with E-state index < -0.39 is 0 Å². The van der Waals surface area contributed by atoms with Gasteiger partial charge in [-0.15, -0.1) is 0 Å². The molecule has 0 aromatic heterocycles. The molecular formula is C12H16O. The Morgan fingerprint density at radius 1 is 1.15 bits per heavy atom. The molecule has 0 spiro atoms. The molecule has 13 heavy (non-hydrogen) atoms. The summed E-state index contributed by atoms with van der Waals surface area (Å²) in [6, 6.07) is 0. The zero-order chi connectivity index (χ0) is 9.31. The highest BCUT2D eigenvalue weighted by Crippen LogP contribution is 2.28. The lowest BCUT2D eigenvalue weighted by Crippen LogP contribution is -2.08. The van der Waals surface area contributed by atoms with E-state index in [2.05, 4.69) is 38.2 Å². The van der Waals surface area contributed by atoms with E-state index in [0.717, 1.165) is 19.6 Å². The average Bonchev–Trinajstić information content (AvgIpc) is 2.27. The Balaban J connectivity index is 2.32. The third kappa shape index (κ3) is 1.92. The van der Waals surface area contributed by atoms with Crippen LogP contribution in [0.4, 0.5) is 0 Å². The van der Waals surface area contributed by atoms with Crippen LogP contribution < -0.4 is 0 Å². The quantitative estimate of drug-likeness (QED) is 0.551. The molecule has 0 aromatic carbocycles. The lowest BCUT2D eigenvalue weighted by Gasteiger charge is -2.15. The molecule has 0 fully saturated rings. The van der Waals surface area contributed by atoms with Crippen molar-refractivity contribution in [2.75, 3.05) is 13.2 Å². The number of allylic oxidation sites excluding steroid dienone is 3. The summed E-state index contributed by atoms with van der Waals surface area (Å²) in [7, 11) is 0. The van der Waals surface area contributed by atoms with E-state index in [1.165, 1.54) is 11.1 Å². The normalized spacial score (nSPS) is 25.7. The van der Waals surface area contributed by atoms with Crippen LogP contribution in [0.2, 0.25) is 0 Å². The Kier molecular flexibility index (Phi) is 2.12. The van der Waals surface area contributed by atoms with Gasteiger partial charge in [0.05, 0.1) is 13.2 Å². The van der Waals surface area contributed by atoms with Crippen molar-refractivity contribution in [3.05, 3.63) is 35.5 Å². The van der Waals surface area contributed by atoms with Crippen LogP contribution in [0.1, 0.15) is 20.3 Å². The predicted octanol–water partition coefficient (Wildman–Crippen LogP) is 2.86. The van der Waals surface area contributed by atoms with Crippen molar-refractivity contribution >= 4 is 0 Å². The highest BCUT2D eigenvalue weighted by atomic mass is 16.5. The first-order valence-corrected chi connectivity index (χ1v) is 4.86. The van der Waals surface area contributed by atoms with Gasteiger partial charge in [0.25, 0.3) is 0 Å². The van der Waals surface area contributed by atoms with Gasteiger partial charge in [-0.05, 0) is 17.6 Å². The average molecular weight is 176 g/mol. The van der Waals surface area contributed by atoms with Gasteiger partial charge in [-0.3, -0.25) is 0 Å². The molecule has 1 nitrogen and oxygen atoms in total. The van der Waals surface area contributed by atoms with Gasteiger partial charge in [0.2, 0.25) is 0 Å².